The van der Waals surface area contributed by atoms with E-state index in [0.717, 1.165) is 5.56 Å². The van der Waals surface area contributed by atoms with Crippen LogP contribution in [0.5, 0.6) is 17.2 Å². The Morgan fingerprint density at radius 1 is 0.974 bits per heavy atom. The van der Waals surface area contributed by atoms with E-state index in [2.05, 4.69) is 0 Å². The molecule has 38 heavy (non-hydrogen) atoms. The number of esters is 1. The highest BCUT2D eigenvalue weighted by Crippen LogP contribution is 2.43. The number of ether oxygens (including phenoxy) is 3. The Bertz CT molecular complexity index is 1420. The average molecular weight is 516 g/mol. The number of rotatable bonds is 7. The minimum atomic E-state index is -0.981. The van der Waals surface area contributed by atoms with Gasteiger partial charge in [-0.2, -0.15) is 0 Å². The van der Waals surface area contributed by atoms with Gasteiger partial charge in [0.1, 0.15) is 23.0 Å². The number of benzene rings is 3. The van der Waals surface area contributed by atoms with Crippen LogP contribution in [-0.2, 0) is 14.4 Å². The molecule has 0 aromatic heterocycles. The molecule has 1 fully saturated rings. The van der Waals surface area contributed by atoms with Gasteiger partial charge in [0.15, 0.2) is 0 Å². The fourth-order valence-electron chi connectivity index (χ4n) is 4.41. The third-order valence-corrected chi connectivity index (χ3v) is 6.04. The van der Waals surface area contributed by atoms with E-state index in [4.69, 9.17) is 14.2 Å². The van der Waals surface area contributed by atoms with Crippen molar-refractivity contribution in [3.05, 3.63) is 89.0 Å². The molecule has 3 aromatic rings. The molecule has 1 unspecified atom stereocenters. The SMILES string of the molecule is COc1ccc(N2C(=O)C(=O)/C(=C(/O)c3ccc(OC(C)C)c(C)c3)C2c2cccc(OC(C)=O)c2)cc1. The van der Waals surface area contributed by atoms with Gasteiger partial charge in [-0.25, -0.2) is 0 Å². The van der Waals surface area contributed by atoms with Gasteiger partial charge in [-0.15, -0.1) is 0 Å². The predicted octanol–water partition coefficient (Wildman–Crippen LogP) is 5.34. The molecular formula is C30H29NO7. The second-order valence-corrected chi connectivity index (χ2v) is 9.18. The number of hydrogen-bond donors (Lipinski definition) is 1. The Morgan fingerprint density at radius 2 is 1.68 bits per heavy atom. The van der Waals surface area contributed by atoms with Crippen LogP contribution in [0.25, 0.3) is 5.76 Å². The van der Waals surface area contributed by atoms with E-state index in [0.29, 0.717) is 28.3 Å². The van der Waals surface area contributed by atoms with Gasteiger partial charge in [-0.3, -0.25) is 19.3 Å². The van der Waals surface area contributed by atoms with Crippen molar-refractivity contribution >= 4 is 29.1 Å². The molecule has 0 spiro atoms. The largest absolute Gasteiger partial charge is 0.507 e. The summed E-state index contributed by atoms with van der Waals surface area (Å²) in [7, 11) is 1.53. The Hall–Kier alpha value is -4.59. The van der Waals surface area contributed by atoms with E-state index in [-0.39, 0.29) is 23.2 Å². The number of carbonyl (C=O) groups is 3. The normalized spacial score (nSPS) is 16.6. The monoisotopic (exact) mass is 515 g/mol. The third kappa shape index (κ3) is 5.25. The van der Waals surface area contributed by atoms with Gasteiger partial charge in [-0.1, -0.05) is 12.1 Å². The zero-order chi connectivity index (χ0) is 27.6. The lowest BCUT2D eigenvalue weighted by Gasteiger charge is -2.26. The number of carbonyl (C=O) groups excluding carboxylic acids is 3. The van der Waals surface area contributed by atoms with Gasteiger partial charge < -0.3 is 19.3 Å². The summed E-state index contributed by atoms with van der Waals surface area (Å²) in [6, 6.07) is 17.3. The number of nitrogens with zero attached hydrogens (tertiary/aromatic N) is 1. The first-order valence-electron chi connectivity index (χ1n) is 12.1. The molecule has 1 amide bonds. The maximum absolute atomic E-state index is 13.4. The van der Waals surface area contributed by atoms with E-state index < -0.39 is 23.7 Å². The van der Waals surface area contributed by atoms with Gasteiger partial charge in [0.05, 0.1) is 24.8 Å². The van der Waals surface area contributed by atoms with E-state index in [9.17, 15) is 19.5 Å². The number of methoxy groups -OCH3 is 1. The van der Waals surface area contributed by atoms with Crippen molar-refractivity contribution in [2.45, 2.75) is 39.8 Å². The van der Waals surface area contributed by atoms with Crippen LogP contribution in [0.15, 0.2) is 72.3 Å². The number of aryl methyl sites for hydroxylation is 1. The molecule has 0 radical (unpaired) electrons. The topological polar surface area (TPSA) is 102 Å². The van der Waals surface area contributed by atoms with Crippen LogP contribution in [0.2, 0.25) is 0 Å². The van der Waals surface area contributed by atoms with Crippen molar-refractivity contribution < 1.29 is 33.7 Å². The highest BCUT2D eigenvalue weighted by molar-refractivity contribution is 6.51. The summed E-state index contributed by atoms with van der Waals surface area (Å²) in [5.74, 6) is -0.968. The first-order valence-corrected chi connectivity index (χ1v) is 12.1. The maximum Gasteiger partial charge on any atom is 0.308 e. The number of ketones is 1. The summed E-state index contributed by atoms with van der Waals surface area (Å²) in [5, 5.41) is 11.4. The average Bonchev–Trinajstić information content (AvgIpc) is 3.14. The molecule has 1 N–H and O–H groups in total. The smallest absolute Gasteiger partial charge is 0.308 e. The van der Waals surface area contributed by atoms with Crippen molar-refractivity contribution in [2.24, 2.45) is 0 Å². The van der Waals surface area contributed by atoms with Crippen molar-refractivity contribution in [1.29, 1.82) is 0 Å². The van der Waals surface area contributed by atoms with Crippen LogP contribution >= 0.6 is 0 Å². The molecule has 1 atom stereocenters. The lowest BCUT2D eigenvalue weighted by Crippen LogP contribution is -2.29. The molecule has 8 heteroatoms. The Balaban J connectivity index is 1.89. The van der Waals surface area contributed by atoms with E-state index in [1.807, 2.05) is 20.8 Å². The summed E-state index contributed by atoms with van der Waals surface area (Å²) in [6.45, 7) is 6.95. The molecule has 196 valence electrons. The third-order valence-electron chi connectivity index (χ3n) is 6.04. The number of anilines is 1. The Morgan fingerprint density at radius 3 is 2.29 bits per heavy atom. The minimum absolute atomic E-state index is 0.0348. The van der Waals surface area contributed by atoms with Crippen LogP contribution in [0.1, 0.15) is 43.5 Å². The molecule has 0 saturated carbocycles. The molecular weight excluding hydrogens is 486 g/mol. The summed E-state index contributed by atoms with van der Waals surface area (Å²) < 4.78 is 16.3. The quantitative estimate of drug-likeness (QED) is 0.149. The summed E-state index contributed by atoms with van der Waals surface area (Å²) in [4.78, 5) is 39.7. The van der Waals surface area contributed by atoms with Gasteiger partial charge in [-0.05, 0) is 86.5 Å². The van der Waals surface area contributed by atoms with Crippen LogP contribution < -0.4 is 19.1 Å². The zero-order valence-corrected chi connectivity index (χ0v) is 21.8. The zero-order valence-electron chi connectivity index (χ0n) is 21.8. The minimum Gasteiger partial charge on any atom is -0.507 e. The summed E-state index contributed by atoms with van der Waals surface area (Å²) in [6.07, 6.45) is -0.0348. The Labute approximate surface area is 221 Å². The van der Waals surface area contributed by atoms with Gasteiger partial charge >= 0.3 is 5.97 Å². The Kier molecular flexibility index (Phi) is 7.52. The van der Waals surface area contributed by atoms with Gasteiger partial charge in [0, 0.05) is 18.2 Å². The highest BCUT2D eigenvalue weighted by atomic mass is 16.5. The molecule has 1 aliphatic heterocycles. The molecule has 3 aromatic carbocycles. The van der Waals surface area contributed by atoms with Crippen LogP contribution in [0.3, 0.4) is 0 Å². The lowest BCUT2D eigenvalue weighted by molar-refractivity contribution is -0.132. The molecule has 8 nitrogen and oxygen atoms in total. The highest BCUT2D eigenvalue weighted by Gasteiger charge is 2.47. The fraction of sp³-hybridized carbons (Fsp3) is 0.233. The number of hydrogen-bond acceptors (Lipinski definition) is 7. The number of Topliss-reactive ketones (excluding diaryl/α,β-unsaturated/α-hetero) is 1. The van der Waals surface area contributed by atoms with Crippen molar-refractivity contribution in [3.8, 4) is 17.2 Å². The van der Waals surface area contributed by atoms with Crippen LogP contribution in [0, 0.1) is 6.92 Å². The second kappa shape index (κ2) is 10.8. The first kappa shape index (κ1) is 26.5. The summed E-state index contributed by atoms with van der Waals surface area (Å²) >= 11 is 0. The van der Waals surface area contributed by atoms with E-state index >= 15 is 0 Å². The van der Waals surface area contributed by atoms with Crippen LogP contribution in [0.4, 0.5) is 5.69 Å². The van der Waals surface area contributed by atoms with E-state index in [1.54, 1.807) is 66.7 Å². The van der Waals surface area contributed by atoms with Gasteiger partial charge in [0.25, 0.3) is 11.7 Å². The van der Waals surface area contributed by atoms with E-state index in [1.165, 1.54) is 18.9 Å². The standard InChI is InChI=1S/C30H29NO7/c1-17(2)37-25-14-9-21(15-18(25)3)28(33)26-27(20-7-6-8-24(16-20)38-19(4)32)31(30(35)29(26)34)22-10-12-23(36-5)13-11-22/h6-17,27,33H,1-5H3/b28-26+. The van der Waals surface area contributed by atoms with Crippen molar-refractivity contribution in [1.82, 2.24) is 0 Å². The summed E-state index contributed by atoms with van der Waals surface area (Å²) in [5.41, 5.74) is 1.97. The predicted molar refractivity (Wildman–Crippen MR) is 142 cm³/mol. The molecule has 1 heterocycles. The second-order valence-electron chi connectivity index (χ2n) is 9.18. The molecule has 4 rings (SSSR count). The van der Waals surface area contributed by atoms with Gasteiger partial charge in [0.2, 0.25) is 0 Å². The first-order chi connectivity index (χ1) is 18.1. The van der Waals surface area contributed by atoms with Crippen molar-refractivity contribution in [3.63, 3.8) is 0 Å². The van der Waals surface area contributed by atoms with Crippen molar-refractivity contribution in [2.75, 3.05) is 12.0 Å². The molecule has 1 saturated heterocycles. The maximum atomic E-state index is 13.4. The molecule has 0 bridgehead atoms. The number of aliphatic hydroxyl groups excluding tert-OH is 1. The number of amides is 1. The molecule has 1 aliphatic rings. The lowest BCUT2D eigenvalue weighted by atomic mass is 9.94. The van der Waals surface area contributed by atoms with Crippen LogP contribution in [-0.4, -0.2) is 36.0 Å². The molecule has 0 aliphatic carbocycles. The number of aliphatic hydroxyl groups is 1. The fourth-order valence-corrected chi connectivity index (χ4v) is 4.41.